The molecule has 16 heavy (non-hydrogen) atoms. The molecule has 0 unspecified atom stereocenters. The van der Waals surface area contributed by atoms with Crippen LogP contribution < -0.4 is 4.90 Å². The van der Waals surface area contributed by atoms with Gasteiger partial charge in [0.15, 0.2) is 0 Å². The molecule has 1 rings (SSSR count). The van der Waals surface area contributed by atoms with Gasteiger partial charge in [0, 0.05) is 23.4 Å². The molecule has 0 aliphatic carbocycles. The molecule has 0 aromatic heterocycles. The molecule has 0 spiro atoms. The lowest BCUT2D eigenvalue weighted by Gasteiger charge is -2.29. The Labute approximate surface area is 115 Å². The van der Waals surface area contributed by atoms with Crippen LogP contribution in [0, 0.1) is 5.41 Å². The van der Waals surface area contributed by atoms with Crippen LogP contribution in [0.4, 0.5) is 5.69 Å². The zero-order valence-electron chi connectivity index (χ0n) is 10.3. The number of anilines is 1. The number of hydrogen-bond donors (Lipinski definition) is 0. The van der Waals surface area contributed by atoms with Gasteiger partial charge in [0.2, 0.25) is 0 Å². The highest BCUT2D eigenvalue weighted by Crippen LogP contribution is 2.29. The Balaban J connectivity index is 2.88. The third-order valence-electron chi connectivity index (χ3n) is 2.29. The molecular formula is C13H19Br2N. The Bertz CT molecular complexity index is 355. The first-order valence-electron chi connectivity index (χ1n) is 5.39. The summed E-state index contributed by atoms with van der Waals surface area (Å²) < 4.78 is 1.16. The van der Waals surface area contributed by atoms with Crippen molar-refractivity contribution in [3.63, 3.8) is 0 Å². The molecule has 0 aliphatic rings. The summed E-state index contributed by atoms with van der Waals surface area (Å²) in [5.41, 5.74) is 2.85. The minimum atomic E-state index is 0.308. The summed E-state index contributed by atoms with van der Waals surface area (Å²) >= 11 is 7.10. The summed E-state index contributed by atoms with van der Waals surface area (Å²) in [6.45, 7) is 7.80. The molecule has 0 amide bonds. The van der Waals surface area contributed by atoms with Crippen molar-refractivity contribution in [1.82, 2.24) is 0 Å². The van der Waals surface area contributed by atoms with E-state index in [-0.39, 0.29) is 0 Å². The first kappa shape index (κ1) is 14.0. The molecule has 1 aromatic carbocycles. The van der Waals surface area contributed by atoms with Gasteiger partial charge in [-0.25, -0.2) is 0 Å². The molecule has 90 valence electrons. The van der Waals surface area contributed by atoms with Gasteiger partial charge in [0.05, 0.1) is 5.69 Å². The van der Waals surface area contributed by atoms with E-state index in [2.05, 4.69) is 82.8 Å². The fourth-order valence-electron chi connectivity index (χ4n) is 1.74. The number of alkyl halides is 1. The normalized spacial score (nSPS) is 11.6. The van der Waals surface area contributed by atoms with Crippen molar-refractivity contribution < 1.29 is 0 Å². The second-order valence-corrected chi connectivity index (χ2v) is 6.75. The first-order chi connectivity index (χ1) is 7.33. The van der Waals surface area contributed by atoms with Crippen LogP contribution in [0.5, 0.6) is 0 Å². The van der Waals surface area contributed by atoms with Gasteiger partial charge in [0.1, 0.15) is 0 Å². The molecule has 0 atom stereocenters. The van der Waals surface area contributed by atoms with Crippen molar-refractivity contribution in [1.29, 1.82) is 0 Å². The van der Waals surface area contributed by atoms with Crippen molar-refractivity contribution in [2.24, 2.45) is 5.41 Å². The van der Waals surface area contributed by atoms with Crippen LogP contribution in [0.1, 0.15) is 26.3 Å². The van der Waals surface area contributed by atoms with Crippen molar-refractivity contribution in [3.8, 4) is 0 Å². The zero-order valence-corrected chi connectivity index (χ0v) is 13.5. The number of benzene rings is 1. The van der Waals surface area contributed by atoms with Crippen LogP contribution >= 0.6 is 31.9 Å². The molecule has 0 saturated heterocycles. The Morgan fingerprint density at radius 1 is 1.25 bits per heavy atom. The van der Waals surface area contributed by atoms with Crippen LogP contribution in [-0.4, -0.2) is 13.6 Å². The SMILES string of the molecule is CN(CC(C)(C)C)c1ccc(CBr)cc1Br. The number of rotatable bonds is 3. The highest BCUT2D eigenvalue weighted by Gasteiger charge is 2.15. The lowest BCUT2D eigenvalue weighted by molar-refractivity contribution is 0.419. The molecule has 0 saturated carbocycles. The third kappa shape index (κ3) is 4.10. The molecular weight excluding hydrogens is 330 g/mol. The lowest BCUT2D eigenvalue weighted by Crippen LogP contribution is -2.29. The number of hydrogen-bond acceptors (Lipinski definition) is 1. The van der Waals surface area contributed by atoms with Crippen molar-refractivity contribution in [2.75, 3.05) is 18.5 Å². The molecule has 1 nitrogen and oxygen atoms in total. The molecule has 0 fully saturated rings. The average Bonchev–Trinajstić information content (AvgIpc) is 2.14. The number of nitrogens with zero attached hydrogens (tertiary/aromatic N) is 1. The average molecular weight is 349 g/mol. The first-order valence-corrected chi connectivity index (χ1v) is 7.30. The van der Waals surface area contributed by atoms with E-state index in [0.29, 0.717) is 5.41 Å². The van der Waals surface area contributed by atoms with Crippen molar-refractivity contribution in [2.45, 2.75) is 26.1 Å². The van der Waals surface area contributed by atoms with E-state index >= 15 is 0 Å². The second-order valence-electron chi connectivity index (χ2n) is 5.34. The van der Waals surface area contributed by atoms with Gasteiger partial charge < -0.3 is 4.90 Å². The standard InChI is InChI=1S/C13H19Br2N/c1-13(2,3)9-16(4)12-6-5-10(8-14)7-11(12)15/h5-7H,8-9H2,1-4H3. The monoisotopic (exact) mass is 347 g/mol. The largest absolute Gasteiger partial charge is 0.373 e. The van der Waals surface area contributed by atoms with Crippen LogP contribution in [-0.2, 0) is 5.33 Å². The van der Waals surface area contributed by atoms with E-state index in [1.165, 1.54) is 11.3 Å². The van der Waals surface area contributed by atoms with E-state index in [9.17, 15) is 0 Å². The highest BCUT2D eigenvalue weighted by molar-refractivity contribution is 9.10. The minimum Gasteiger partial charge on any atom is -0.373 e. The zero-order chi connectivity index (χ0) is 12.3. The van der Waals surface area contributed by atoms with E-state index in [0.717, 1.165) is 16.3 Å². The molecule has 0 aliphatic heterocycles. The molecule has 0 N–H and O–H groups in total. The van der Waals surface area contributed by atoms with Crippen molar-refractivity contribution in [3.05, 3.63) is 28.2 Å². The fraction of sp³-hybridized carbons (Fsp3) is 0.538. The van der Waals surface area contributed by atoms with E-state index in [1.54, 1.807) is 0 Å². The summed E-state index contributed by atoms with van der Waals surface area (Å²) in [4.78, 5) is 2.29. The molecule has 0 bridgehead atoms. The van der Waals surface area contributed by atoms with Gasteiger partial charge in [0.25, 0.3) is 0 Å². The molecule has 0 heterocycles. The van der Waals surface area contributed by atoms with Gasteiger partial charge in [-0.1, -0.05) is 42.8 Å². The maximum absolute atomic E-state index is 3.63. The second kappa shape index (κ2) is 5.54. The summed E-state index contributed by atoms with van der Waals surface area (Å²) in [5.74, 6) is 0. The highest BCUT2D eigenvalue weighted by atomic mass is 79.9. The molecule has 1 aromatic rings. The Hall–Kier alpha value is -0.0200. The maximum atomic E-state index is 3.63. The Morgan fingerprint density at radius 2 is 1.88 bits per heavy atom. The fourth-order valence-corrected chi connectivity index (χ4v) is 2.82. The Morgan fingerprint density at radius 3 is 2.31 bits per heavy atom. The predicted octanol–water partition coefficient (Wildman–Crippen LogP) is 4.83. The predicted molar refractivity (Wildman–Crippen MR) is 79.5 cm³/mol. The topological polar surface area (TPSA) is 3.24 Å². The van der Waals surface area contributed by atoms with E-state index < -0.39 is 0 Å². The third-order valence-corrected chi connectivity index (χ3v) is 3.57. The number of halogens is 2. The van der Waals surface area contributed by atoms with Crippen LogP contribution in [0.2, 0.25) is 0 Å². The summed E-state index contributed by atoms with van der Waals surface area (Å²) in [6.07, 6.45) is 0. The molecule has 3 heteroatoms. The van der Waals surface area contributed by atoms with Gasteiger partial charge in [-0.2, -0.15) is 0 Å². The van der Waals surface area contributed by atoms with Crippen LogP contribution in [0.25, 0.3) is 0 Å². The van der Waals surface area contributed by atoms with Gasteiger partial charge in [-0.05, 0) is 39.0 Å². The van der Waals surface area contributed by atoms with Crippen LogP contribution in [0.3, 0.4) is 0 Å². The summed E-state index contributed by atoms with van der Waals surface area (Å²) in [7, 11) is 2.14. The minimum absolute atomic E-state index is 0.308. The molecule has 0 radical (unpaired) electrons. The summed E-state index contributed by atoms with van der Waals surface area (Å²) in [5, 5.41) is 0.898. The quantitative estimate of drug-likeness (QED) is 0.707. The van der Waals surface area contributed by atoms with Crippen molar-refractivity contribution >= 4 is 37.5 Å². The Kier molecular flexibility index (Phi) is 4.87. The van der Waals surface area contributed by atoms with E-state index in [4.69, 9.17) is 0 Å². The maximum Gasteiger partial charge on any atom is 0.0508 e. The summed E-state index contributed by atoms with van der Waals surface area (Å²) in [6, 6.07) is 6.50. The van der Waals surface area contributed by atoms with E-state index in [1.807, 2.05) is 0 Å². The van der Waals surface area contributed by atoms with Gasteiger partial charge in [-0.15, -0.1) is 0 Å². The lowest BCUT2D eigenvalue weighted by atomic mass is 9.96. The van der Waals surface area contributed by atoms with Gasteiger partial charge >= 0.3 is 0 Å². The smallest absolute Gasteiger partial charge is 0.0508 e. The van der Waals surface area contributed by atoms with Gasteiger partial charge in [-0.3, -0.25) is 0 Å². The van der Waals surface area contributed by atoms with Crippen LogP contribution in [0.15, 0.2) is 22.7 Å².